The molecule has 0 amide bonds. The van der Waals surface area contributed by atoms with Crippen LogP contribution in [-0.4, -0.2) is 17.8 Å². The second kappa shape index (κ2) is 10.8. The van der Waals surface area contributed by atoms with Crippen molar-refractivity contribution in [1.82, 2.24) is 5.32 Å². The first-order valence-corrected chi connectivity index (χ1v) is 10.5. The third-order valence-corrected chi connectivity index (χ3v) is 5.07. The summed E-state index contributed by atoms with van der Waals surface area (Å²) in [5.41, 5.74) is 4.34. The van der Waals surface area contributed by atoms with Crippen LogP contribution in [0.4, 0.5) is 0 Å². The lowest BCUT2D eigenvalue weighted by Crippen LogP contribution is -2.31. The summed E-state index contributed by atoms with van der Waals surface area (Å²) in [7, 11) is 0. The zero-order valence-corrected chi connectivity index (χ0v) is 18.0. The summed E-state index contributed by atoms with van der Waals surface area (Å²) in [5.74, 6) is 1.47. The fourth-order valence-corrected chi connectivity index (χ4v) is 3.22. The second-order valence-corrected chi connectivity index (χ2v) is 7.51. The highest BCUT2D eigenvalue weighted by molar-refractivity contribution is 5.43. The van der Waals surface area contributed by atoms with Gasteiger partial charge in [-0.05, 0) is 49.6 Å². The summed E-state index contributed by atoms with van der Waals surface area (Å²) < 4.78 is 11.8. The van der Waals surface area contributed by atoms with Crippen LogP contribution >= 0.6 is 0 Å². The van der Waals surface area contributed by atoms with Crippen LogP contribution < -0.4 is 14.8 Å². The lowest BCUT2D eigenvalue weighted by Gasteiger charge is -2.21. The van der Waals surface area contributed by atoms with Crippen molar-refractivity contribution in [2.75, 3.05) is 6.61 Å². The van der Waals surface area contributed by atoms with Gasteiger partial charge in [-0.15, -0.1) is 0 Å². The molecular formula is C26H31NO3. The number of hydrogen-bond acceptors (Lipinski definition) is 4. The maximum atomic E-state index is 10.5. The highest BCUT2D eigenvalue weighted by Gasteiger charge is 2.16. The fourth-order valence-electron chi connectivity index (χ4n) is 3.22. The highest BCUT2D eigenvalue weighted by Crippen LogP contribution is 2.29. The molecule has 0 spiro atoms. The van der Waals surface area contributed by atoms with E-state index in [1.54, 1.807) is 0 Å². The zero-order chi connectivity index (χ0) is 21.3. The molecule has 0 aliphatic rings. The number of aryl methyl sites for hydroxylation is 1. The van der Waals surface area contributed by atoms with E-state index in [1.165, 1.54) is 5.56 Å². The number of ether oxygens (including phenoxy) is 2. The molecular weight excluding hydrogens is 374 g/mol. The molecule has 2 unspecified atom stereocenters. The van der Waals surface area contributed by atoms with Crippen LogP contribution in [0.5, 0.6) is 11.5 Å². The predicted octanol–water partition coefficient (Wildman–Crippen LogP) is 5.18. The molecule has 3 aromatic carbocycles. The Labute approximate surface area is 179 Å². The largest absolute Gasteiger partial charge is 0.490 e. The number of nitrogens with one attached hydrogen (secondary N) is 1. The van der Waals surface area contributed by atoms with Gasteiger partial charge in [0.05, 0.1) is 12.7 Å². The van der Waals surface area contributed by atoms with Crippen LogP contribution in [0.2, 0.25) is 0 Å². The third kappa shape index (κ3) is 6.09. The molecule has 0 fully saturated rings. The van der Waals surface area contributed by atoms with Gasteiger partial charge >= 0.3 is 0 Å². The Balaban J connectivity index is 1.61. The van der Waals surface area contributed by atoms with Gasteiger partial charge in [0.15, 0.2) is 11.5 Å². The SMILES string of the molecule is CCOc1cc(CNC(C)C(O)c2ccccc2)ccc1OCc1ccc(C)cc1. The van der Waals surface area contributed by atoms with E-state index in [0.717, 1.165) is 28.2 Å². The molecule has 0 aliphatic carbocycles. The predicted molar refractivity (Wildman–Crippen MR) is 121 cm³/mol. The van der Waals surface area contributed by atoms with Gasteiger partial charge < -0.3 is 19.9 Å². The summed E-state index contributed by atoms with van der Waals surface area (Å²) in [6.45, 7) is 7.72. The van der Waals surface area contributed by atoms with Crippen LogP contribution in [0.3, 0.4) is 0 Å². The Morgan fingerprint density at radius 2 is 1.57 bits per heavy atom. The summed E-state index contributed by atoms with van der Waals surface area (Å²) in [6, 6.07) is 23.9. The van der Waals surface area contributed by atoms with Crippen LogP contribution in [0, 0.1) is 6.92 Å². The molecule has 4 nitrogen and oxygen atoms in total. The number of hydrogen-bond donors (Lipinski definition) is 2. The zero-order valence-electron chi connectivity index (χ0n) is 18.0. The average molecular weight is 406 g/mol. The molecule has 0 aromatic heterocycles. The second-order valence-electron chi connectivity index (χ2n) is 7.51. The lowest BCUT2D eigenvalue weighted by atomic mass is 10.0. The molecule has 30 heavy (non-hydrogen) atoms. The van der Waals surface area contributed by atoms with Crippen molar-refractivity contribution in [3.05, 3.63) is 95.1 Å². The Morgan fingerprint density at radius 1 is 0.867 bits per heavy atom. The summed E-state index contributed by atoms with van der Waals surface area (Å²) in [4.78, 5) is 0. The van der Waals surface area contributed by atoms with E-state index in [1.807, 2.05) is 62.4 Å². The third-order valence-electron chi connectivity index (χ3n) is 5.07. The van der Waals surface area contributed by atoms with Crippen molar-refractivity contribution in [3.8, 4) is 11.5 Å². The monoisotopic (exact) mass is 405 g/mol. The standard InChI is InChI=1S/C26H31NO3/c1-4-29-25-16-22(17-27-20(3)26(28)23-8-6-5-7-9-23)14-15-24(25)30-18-21-12-10-19(2)11-13-21/h5-16,20,26-28H,4,17-18H2,1-3H3. The van der Waals surface area contributed by atoms with Crippen molar-refractivity contribution in [2.24, 2.45) is 0 Å². The van der Waals surface area contributed by atoms with Gasteiger partial charge in [-0.2, -0.15) is 0 Å². The molecule has 3 aromatic rings. The average Bonchev–Trinajstić information content (AvgIpc) is 2.78. The normalized spacial score (nSPS) is 12.9. The van der Waals surface area contributed by atoms with Gasteiger partial charge in [-0.3, -0.25) is 0 Å². The fraction of sp³-hybridized carbons (Fsp3) is 0.308. The topological polar surface area (TPSA) is 50.7 Å². The molecule has 0 heterocycles. The molecule has 0 aliphatic heterocycles. The lowest BCUT2D eigenvalue weighted by molar-refractivity contribution is 0.135. The number of aliphatic hydroxyl groups excluding tert-OH is 1. The Hall–Kier alpha value is -2.82. The highest BCUT2D eigenvalue weighted by atomic mass is 16.5. The molecule has 0 saturated heterocycles. The quantitative estimate of drug-likeness (QED) is 0.488. The van der Waals surface area contributed by atoms with Gasteiger partial charge in [0.2, 0.25) is 0 Å². The van der Waals surface area contributed by atoms with Gasteiger partial charge in [-0.1, -0.05) is 66.2 Å². The first-order valence-electron chi connectivity index (χ1n) is 10.5. The Kier molecular flexibility index (Phi) is 7.89. The van der Waals surface area contributed by atoms with E-state index < -0.39 is 6.10 Å². The molecule has 0 saturated carbocycles. The molecule has 0 bridgehead atoms. The Morgan fingerprint density at radius 3 is 2.27 bits per heavy atom. The van der Waals surface area contributed by atoms with E-state index in [-0.39, 0.29) is 6.04 Å². The van der Waals surface area contributed by atoms with Crippen molar-refractivity contribution in [3.63, 3.8) is 0 Å². The number of rotatable bonds is 10. The number of benzene rings is 3. The van der Waals surface area contributed by atoms with Crippen LogP contribution in [0.1, 0.15) is 42.2 Å². The van der Waals surface area contributed by atoms with Crippen molar-refractivity contribution < 1.29 is 14.6 Å². The van der Waals surface area contributed by atoms with Gasteiger partial charge in [-0.25, -0.2) is 0 Å². The first-order chi connectivity index (χ1) is 14.6. The van der Waals surface area contributed by atoms with E-state index in [9.17, 15) is 5.11 Å². The van der Waals surface area contributed by atoms with Crippen molar-refractivity contribution in [1.29, 1.82) is 0 Å². The molecule has 0 radical (unpaired) electrons. The minimum atomic E-state index is -0.560. The summed E-state index contributed by atoms with van der Waals surface area (Å²) in [5, 5.41) is 13.9. The van der Waals surface area contributed by atoms with E-state index in [2.05, 4.69) is 36.5 Å². The maximum absolute atomic E-state index is 10.5. The molecule has 2 N–H and O–H groups in total. The van der Waals surface area contributed by atoms with Gasteiger partial charge in [0.25, 0.3) is 0 Å². The first kappa shape index (κ1) is 21.9. The summed E-state index contributed by atoms with van der Waals surface area (Å²) in [6.07, 6.45) is -0.560. The van der Waals surface area contributed by atoms with E-state index >= 15 is 0 Å². The maximum Gasteiger partial charge on any atom is 0.161 e. The molecule has 4 heteroatoms. The molecule has 2 atom stereocenters. The van der Waals surface area contributed by atoms with Crippen LogP contribution in [-0.2, 0) is 13.2 Å². The minimum absolute atomic E-state index is 0.0830. The van der Waals surface area contributed by atoms with Crippen molar-refractivity contribution in [2.45, 2.75) is 46.1 Å². The van der Waals surface area contributed by atoms with Crippen LogP contribution in [0.25, 0.3) is 0 Å². The Bertz CT molecular complexity index is 909. The van der Waals surface area contributed by atoms with Crippen LogP contribution in [0.15, 0.2) is 72.8 Å². The minimum Gasteiger partial charge on any atom is -0.490 e. The van der Waals surface area contributed by atoms with Crippen molar-refractivity contribution >= 4 is 0 Å². The van der Waals surface area contributed by atoms with E-state index in [0.29, 0.717) is 19.8 Å². The number of aliphatic hydroxyl groups is 1. The van der Waals surface area contributed by atoms with Gasteiger partial charge in [0, 0.05) is 12.6 Å². The smallest absolute Gasteiger partial charge is 0.161 e. The van der Waals surface area contributed by atoms with E-state index in [4.69, 9.17) is 9.47 Å². The summed E-state index contributed by atoms with van der Waals surface area (Å²) >= 11 is 0. The van der Waals surface area contributed by atoms with Gasteiger partial charge in [0.1, 0.15) is 6.61 Å². The molecule has 3 rings (SSSR count). The molecule has 158 valence electrons.